The fourth-order valence-electron chi connectivity index (χ4n) is 2.85. The van der Waals surface area contributed by atoms with Crippen LogP contribution in [0, 0.1) is 0 Å². The van der Waals surface area contributed by atoms with Gasteiger partial charge in [-0.2, -0.15) is 0 Å². The van der Waals surface area contributed by atoms with Crippen LogP contribution in [0.25, 0.3) is 0 Å². The number of piperazine rings is 1. The Morgan fingerprint density at radius 3 is 2.05 bits per heavy atom. The summed E-state index contributed by atoms with van der Waals surface area (Å²) >= 11 is 0. The molecule has 0 spiro atoms. The third kappa shape index (κ3) is 2.70. The van der Waals surface area contributed by atoms with Gasteiger partial charge in [-0.15, -0.1) is 0 Å². The summed E-state index contributed by atoms with van der Waals surface area (Å²) < 4.78 is 0. The summed E-state index contributed by atoms with van der Waals surface area (Å²) in [4.78, 5) is 2.45. The van der Waals surface area contributed by atoms with Gasteiger partial charge in [0.05, 0.1) is 0 Å². The van der Waals surface area contributed by atoms with E-state index in [1.165, 1.54) is 11.1 Å². The standard InChI is InChI=1S/C17H20N2/c1-19-13-16(14-8-4-2-5-9-14)18-12-17(19)15-10-6-3-7-11-15/h2-11,16-18H,12-13H2,1H3/t16-,17-/m0/s1. The quantitative estimate of drug-likeness (QED) is 0.884. The van der Waals surface area contributed by atoms with Crippen molar-refractivity contribution in [3.63, 3.8) is 0 Å². The number of nitrogens with one attached hydrogen (secondary N) is 1. The highest BCUT2D eigenvalue weighted by Crippen LogP contribution is 2.26. The van der Waals surface area contributed by atoms with E-state index in [0.717, 1.165) is 13.1 Å². The van der Waals surface area contributed by atoms with Gasteiger partial charge >= 0.3 is 0 Å². The van der Waals surface area contributed by atoms with E-state index in [4.69, 9.17) is 0 Å². The summed E-state index contributed by atoms with van der Waals surface area (Å²) in [6.45, 7) is 2.05. The highest BCUT2D eigenvalue weighted by Gasteiger charge is 2.26. The highest BCUT2D eigenvalue weighted by molar-refractivity contribution is 5.23. The first-order chi connectivity index (χ1) is 9.34. The van der Waals surface area contributed by atoms with Crippen LogP contribution < -0.4 is 5.32 Å². The van der Waals surface area contributed by atoms with E-state index < -0.39 is 0 Å². The predicted molar refractivity (Wildman–Crippen MR) is 79.0 cm³/mol. The van der Waals surface area contributed by atoms with Gasteiger partial charge in [0.1, 0.15) is 0 Å². The second-order valence-electron chi connectivity index (χ2n) is 5.24. The molecule has 2 aromatic carbocycles. The Balaban J connectivity index is 1.73. The smallest absolute Gasteiger partial charge is 0.0470 e. The molecule has 1 aliphatic rings. The minimum atomic E-state index is 0.436. The molecule has 2 atom stereocenters. The van der Waals surface area contributed by atoms with Gasteiger partial charge in [-0.3, -0.25) is 4.90 Å². The largest absolute Gasteiger partial charge is 0.307 e. The zero-order valence-corrected chi connectivity index (χ0v) is 11.3. The van der Waals surface area contributed by atoms with E-state index in [-0.39, 0.29) is 0 Å². The van der Waals surface area contributed by atoms with Gasteiger partial charge in [-0.25, -0.2) is 0 Å². The Morgan fingerprint density at radius 1 is 0.895 bits per heavy atom. The predicted octanol–water partition coefficient (Wildman–Crippen LogP) is 3.00. The lowest BCUT2D eigenvalue weighted by atomic mass is 9.98. The number of likely N-dealkylation sites (N-methyl/N-ethyl adjacent to an activating group) is 1. The molecule has 19 heavy (non-hydrogen) atoms. The molecular weight excluding hydrogens is 232 g/mol. The van der Waals surface area contributed by atoms with Gasteiger partial charge in [0.2, 0.25) is 0 Å². The van der Waals surface area contributed by atoms with Gasteiger partial charge in [0.25, 0.3) is 0 Å². The first-order valence-corrected chi connectivity index (χ1v) is 6.88. The topological polar surface area (TPSA) is 15.3 Å². The zero-order valence-electron chi connectivity index (χ0n) is 11.3. The zero-order chi connectivity index (χ0) is 13.1. The van der Waals surface area contributed by atoms with Gasteiger partial charge < -0.3 is 5.32 Å². The molecule has 0 saturated carbocycles. The van der Waals surface area contributed by atoms with E-state index in [1.807, 2.05) is 0 Å². The van der Waals surface area contributed by atoms with Gasteiger partial charge in [-0.1, -0.05) is 60.7 Å². The lowest BCUT2D eigenvalue weighted by Gasteiger charge is -2.38. The molecular formula is C17H20N2. The van der Waals surface area contributed by atoms with Crippen LogP contribution in [0.5, 0.6) is 0 Å². The second-order valence-corrected chi connectivity index (χ2v) is 5.24. The van der Waals surface area contributed by atoms with Crippen molar-refractivity contribution in [1.82, 2.24) is 10.2 Å². The van der Waals surface area contributed by atoms with Crippen molar-refractivity contribution in [2.75, 3.05) is 20.1 Å². The molecule has 98 valence electrons. The average Bonchev–Trinajstić information content (AvgIpc) is 2.49. The number of hydrogen-bond donors (Lipinski definition) is 1. The molecule has 0 amide bonds. The van der Waals surface area contributed by atoms with E-state index in [9.17, 15) is 0 Å². The summed E-state index contributed by atoms with van der Waals surface area (Å²) in [5, 5.41) is 3.67. The van der Waals surface area contributed by atoms with Gasteiger partial charge in [-0.05, 0) is 18.2 Å². The van der Waals surface area contributed by atoms with Gasteiger partial charge in [0.15, 0.2) is 0 Å². The van der Waals surface area contributed by atoms with Crippen molar-refractivity contribution in [2.24, 2.45) is 0 Å². The van der Waals surface area contributed by atoms with E-state index in [2.05, 4.69) is 77.9 Å². The van der Waals surface area contributed by atoms with E-state index >= 15 is 0 Å². The lowest BCUT2D eigenvalue weighted by molar-refractivity contribution is 0.164. The summed E-state index contributed by atoms with van der Waals surface area (Å²) in [5.41, 5.74) is 2.77. The number of benzene rings is 2. The summed E-state index contributed by atoms with van der Waals surface area (Å²) in [6.07, 6.45) is 0. The molecule has 1 N–H and O–H groups in total. The Hall–Kier alpha value is -1.64. The van der Waals surface area contributed by atoms with Crippen LogP contribution in [0.4, 0.5) is 0 Å². The molecule has 1 heterocycles. The lowest BCUT2D eigenvalue weighted by Crippen LogP contribution is -2.45. The normalized spacial score (nSPS) is 24.3. The number of rotatable bonds is 2. The third-order valence-electron chi connectivity index (χ3n) is 3.95. The third-order valence-corrected chi connectivity index (χ3v) is 3.95. The van der Waals surface area contributed by atoms with E-state index in [1.54, 1.807) is 0 Å². The Morgan fingerprint density at radius 2 is 1.47 bits per heavy atom. The number of nitrogens with zero attached hydrogens (tertiary/aromatic N) is 1. The Labute approximate surface area is 115 Å². The maximum atomic E-state index is 3.67. The maximum Gasteiger partial charge on any atom is 0.0470 e. The number of hydrogen-bond acceptors (Lipinski definition) is 2. The van der Waals surface area contributed by atoms with Crippen LogP contribution in [-0.4, -0.2) is 25.0 Å². The SMILES string of the molecule is CN1C[C@@H](c2ccccc2)NC[C@H]1c1ccccc1. The molecule has 0 radical (unpaired) electrons. The first kappa shape index (κ1) is 12.4. The fourth-order valence-corrected chi connectivity index (χ4v) is 2.85. The van der Waals surface area contributed by atoms with Crippen LogP contribution in [0.1, 0.15) is 23.2 Å². The summed E-state index contributed by atoms with van der Waals surface area (Å²) in [7, 11) is 2.22. The molecule has 1 fully saturated rings. The highest BCUT2D eigenvalue weighted by atomic mass is 15.2. The van der Waals surface area contributed by atoms with E-state index in [0.29, 0.717) is 12.1 Å². The van der Waals surface area contributed by atoms with Crippen LogP contribution in [0.15, 0.2) is 60.7 Å². The molecule has 1 saturated heterocycles. The maximum absolute atomic E-state index is 3.67. The van der Waals surface area contributed by atoms with Crippen LogP contribution in [-0.2, 0) is 0 Å². The molecule has 2 nitrogen and oxygen atoms in total. The van der Waals surface area contributed by atoms with Crippen molar-refractivity contribution < 1.29 is 0 Å². The van der Waals surface area contributed by atoms with Crippen molar-refractivity contribution in [3.8, 4) is 0 Å². The summed E-state index contributed by atoms with van der Waals surface area (Å²) in [6, 6.07) is 22.3. The molecule has 0 unspecified atom stereocenters. The minimum Gasteiger partial charge on any atom is -0.307 e. The van der Waals surface area contributed by atoms with Crippen molar-refractivity contribution >= 4 is 0 Å². The van der Waals surface area contributed by atoms with Crippen LogP contribution >= 0.6 is 0 Å². The van der Waals surface area contributed by atoms with Crippen molar-refractivity contribution in [2.45, 2.75) is 12.1 Å². The monoisotopic (exact) mass is 252 g/mol. The Kier molecular flexibility index (Phi) is 3.62. The molecule has 2 heteroatoms. The molecule has 3 rings (SSSR count). The van der Waals surface area contributed by atoms with Crippen LogP contribution in [0.3, 0.4) is 0 Å². The fraction of sp³-hybridized carbons (Fsp3) is 0.294. The minimum absolute atomic E-state index is 0.436. The van der Waals surface area contributed by atoms with Gasteiger partial charge in [0, 0.05) is 25.2 Å². The van der Waals surface area contributed by atoms with Crippen molar-refractivity contribution in [3.05, 3.63) is 71.8 Å². The summed E-state index contributed by atoms with van der Waals surface area (Å²) in [5.74, 6) is 0. The average molecular weight is 252 g/mol. The molecule has 0 aromatic heterocycles. The first-order valence-electron chi connectivity index (χ1n) is 6.88. The molecule has 0 aliphatic carbocycles. The molecule has 0 bridgehead atoms. The van der Waals surface area contributed by atoms with Crippen molar-refractivity contribution in [1.29, 1.82) is 0 Å². The second kappa shape index (κ2) is 5.55. The Bertz CT molecular complexity index is 509. The van der Waals surface area contributed by atoms with Crippen LogP contribution in [0.2, 0.25) is 0 Å². The molecule has 2 aromatic rings. The molecule has 1 aliphatic heterocycles.